The first kappa shape index (κ1) is 18.2. The average Bonchev–Trinajstić information content (AvgIpc) is 2.74. The standard InChI is InChI=1S/C22H24N2O4/c1-2-26-22(25)18-7-3-4-8-19(18)24-13-11-23(12-14-24)15-17-16-27-20-9-5-6-10-21(20)28-17/h3-10,15H,2,11-14,16H2,1H3/b17-15-. The molecule has 6 nitrogen and oxygen atoms in total. The number of hydrogen-bond donors (Lipinski definition) is 0. The van der Waals surface area contributed by atoms with E-state index >= 15 is 0 Å². The van der Waals surface area contributed by atoms with Gasteiger partial charge in [0.1, 0.15) is 6.61 Å². The fourth-order valence-corrected chi connectivity index (χ4v) is 3.46. The van der Waals surface area contributed by atoms with Crippen molar-refractivity contribution < 1.29 is 19.0 Å². The first-order valence-electron chi connectivity index (χ1n) is 9.60. The van der Waals surface area contributed by atoms with Gasteiger partial charge in [-0.2, -0.15) is 0 Å². The van der Waals surface area contributed by atoms with Crippen LogP contribution in [0.25, 0.3) is 0 Å². The van der Waals surface area contributed by atoms with Crippen LogP contribution in [0, 0.1) is 0 Å². The van der Waals surface area contributed by atoms with Gasteiger partial charge >= 0.3 is 5.97 Å². The second-order valence-corrected chi connectivity index (χ2v) is 6.69. The topological polar surface area (TPSA) is 51.2 Å². The van der Waals surface area contributed by atoms with Crippen molar-refractivity contribution in [3.05, 3.63) is 66.1 Å². The Bertz CT molecular complexity index is 872. The van der Waals surface area contributed by atoms with E-state index in [1.807, 2.05) is 61.7 Å². The number of ether oxygens (including phenoxy) is 3. The molecule has 146 valence electrons. The van der Waals surface area contributed by atoms with Gasteiger partial charge in [0.2, 0.25) is 0 Å². The first-order chi connectivity index (χ1) is 13.7. The predicted octanol–water partition coefficient (Wildman–Crippen LogP) is 3.30. The molecule has 0 aromatic heterocycles. The van der Waals surface area contributed by atoms with E-state index in [1.54, 1.807) is 0 Å². The van der Waals surface area contributed by atoms with Crippen molar-refractivity contribution in [3.63, 3.8) is 0 Å². The molecule has 2 aliphatic rings. The second kappa shape index (κ2) is 8.25. The van der Waals surface area contributed by atoms with Crippen LogP contribution in [-0.4, -0.2) is 50.3 Å². The Morgan fingerprint density at radius 1 is 1.04 bits per heavy atom. The van der Waals surface area contributed by atoms with Gasteiger partial charge in [-0.25, -0.2) is 4.79 Å². The maximum absolute atomic E-state index is 12.2. The zero-order chi connectivity index (χ0) is 19.3. The molecule has 0 aliphatic carbocycles. The second-order valence-electron chi connectivity index (χ2n) is 6.69. The van der Waals surface area contributed by atoms with E-state index < -0.39 is 0 Å². The number of carbonyl (C=O) groups excluding carboxylic acids is 1. The third kappa shape index (κ3) is 3.91. The minimum Gasteiger partial charge on any atom is -0.482 e. The van der Waals surface area contributed by atoms with Crippen LogP contribution >= 0.6 is 0 Å². The third-order valence-corrected chi connectivity index (χ3v) is 4.84. The Labute approximate surface area is 164 Å². The molecule has 2 aromatic carbocycles. The van der Waals surface area contributed by atoms with E-state index in [0.29, 0.717) is 18.8 Å². The number of anilines is 1. The monoisotopic (exact) mass is 380 g/mol. The summed E-state index contributed by atoms with van der Waals surface area (Å²) in [6, 6.07) is 15.3. The largest absolute Gasteiger partial charge is 0.482 e. The Balaban J connectivity index is 1.40. The predicted molar refractivity (Wildman–Crippen MR) is 107 cm³/mol. The summed E-state index contributed by atoms with van der Waals surface area (Å²) in [6.45, 7) is 5.94. The lowest BCUT2D eigenvalue weighted by Crippen LogP contribution is -2.45. The Morgan fingerprint density at radius 3 is 2.54 bits per heavy atom. The van der Waals surface area contributed by atoms with E-state index in [-0.39, 0.29) is 5.97 Å². The molecule has 0 radical (unpaired) electrons. The van der Waals surface area contributed by atoms with E-state index in [9.17, 15) is 4.79 Å². The summed E-state index contributed by atoms with van der Waals surface area (Å²) in [4.78, 5) is 16.7. The van der Waals surface area contributed by atoms with Crippen LogP contribution in [0.5, 0.6) is 11.5 Å². The lowest BCUT2D eigenvalue weighted by Gasteiger charge is -2.36. The molecule has 2 aromatic rings. The Kier molecular flexibility index (Phi) is 5.37. The number of fused-ring (bicyclic) bond motifs is 1. The number of esters is 1. The quantitative estimate of drug-likeness (QED) is 0.759. The molecule has 2 aliphatic heterocycles. The normalized spacial score (nSPS) is 17.5. The summed E-state index contributed by atoms with van der Waals surface area (Å²) < 4.78 is 16.9. The molecule has 6 heteroatoms. The fraction of sp³-hybridized carbons (Fsp3) is 0.318. The smallest absolute Gasteiger partial charge is 0.340 e. The average molecular weight is 380 g/mol. The molecule has 0 spiro atoms. The van der Waals surface area contributed by atoms with Crippen LogP contribution in [0.15, 0.2) is 60.5 Å². The maximum atomic E-state index is 12.2. The van der Waals surface area contributed by atoms with Crippen molar-refractivity contribution in [2.24, 2.45) is 0 Å². The first-order valence-corrected chi connectivity index (χ1v) is 9.60. The number of rotatable bonds is 4. The maximum Gasteiger partial charge on any atom is 0.340 e. The lowest BCUT2D eigenvalue weighted by atomic mass is 10.1. The summed E-state index contributed by atoms with van der Waals surface area (Å²) in [5, 5.41) is 0. The highest BCUT2D eigenvalue weighted by Crippen LogP contribution is 2.32. The molecule has 0 unspecified atom stereocenters. The Hall–Kier alpha value is -3.15. The van der Waals surface area contributed by atoms with Gasteiger partial charge in [-0.1, -0.05) is 24.3 Å². The number of piperazine rings is 1. The van der Waals surface area contributed by atoms with Gasteiger partial charge in [-0.05, 0) is 31.2 Å². The van der Waals surface area contributed by atoms with Gasteiger partial charge in [0.25, 0.3) is 0 Å². The molecule has 1 fully saturated rings. The minimum atomic E-state index is -0.269. The molecular formula is C22H24N2O4. The summed E-state index contributed by atoms with van der Waals surface area (Å²) in [7, 11) is 0. The van der Waals surface area contributed by atoms with Gasteiger partial charge in [0.15, 0.2) is 17.3 Å². The van der Waals surface area contributed by atoms with Crippen LogP contribution in [0.3, 0.4) is 0 Å². The molecule has 0 N–H and O–H groups in total. The highest BCUT2D eigenvalue weighted by atomic mass is 16.6. The zero-order valence-electron chi connectivity index (χ0n) is 16.0. The van der Waals surface area contributed by atoms with Crippen LogP contribution in [0.1, 0.15) is 17.3 Å². The number of carbonyl (C=O) groups is 1. The lowest BCUT2D eigenvalue weighted by molar-refractivity contribution is 0.0527. The molecule has 4 rings (SSSR count). The van der Waals surface area contributed by atoms with E-state index in [1.165, 1.54) is 0 Å². The van der Waals surface area contributed by atoms with Gasteiger partial charge in [-0.15, -0.1) is 0 Å². The summed E-state index contributed by atoms with van der Waals surface area (Å²) in [5.74, 6) is 2.06. The van der Waals surface area contributed by atoms with Crippen LogP contribution in [0.2, 0.25) is 0 Å². The fourth-order valence-electron chi connectivity index (χ4n) is 3.46. The van der Waals surface area contributed by atoms with Crippen molar-refractivity contribution in [3.8, 4) is 11.5 Å². The SMILES string of the molecule is CCOC(=O)c1ccccc1N1CCN(/C=C2/COc3ccccc3O2)CC1. The third-order valence-electron chi connectivity index (χ3n) is 4.84. The van der Waals surface area contributed by atoms with Crippen molar-refractivity contribution in [1.29, 1.82) is 0 Å². The van der Waals surface area contributed by atoms with Crippen molar-refractivity contribution in [2.75, 3.05) is 44.3 Å². The summed E-state index contributed by atoms with van der Waals surface area (Å²) in [5.41, 5.74) is 1.55. The van der Waals surface area contributed by atoms with E-state index in [4.69, 9.17) is 14.2 Å². The zero-order valence-corrected chi connectivity index (χ0v) is 16.0. The van der Waals surface area contributed by atoms with Crippen molar-refractivity contribution >= 4 is 11.7 Å². The molecule has 0 saturated carbocycles. The van der Waals surface area contributed by atoms with Crippen molar-refractivity contribution in [2.45, 2.75) is 6.92 Å². The minimum absolute atomic E-state index is 0.269. The molecule has 28 heavy (non-hydrogen) atoms. The number of benzene rings is 2. The van der Waals surface area contributed by atoms with Crippen LogP contribution in [-0.2, 0) is 4.74 Å². The summed E-state index contributed by atoms with van der Waals surface area (Å²) >= 11 is 0. The van der Waals surface area contributed by atoms with Gasteiger partial charge in [-0.3, -0.25) is 0 Å². The van der Waals surface area contributed by atoms with Crippen molar-refractivity contribution in [1.82, 2.24) is 4.90 Å². The summed E-state index contributed by atoms with van der Waals surface area (Å²) in [6.07, 6.45) is 2.03. The number of para-hydroxylation sites is 3. The van der Waals surface area contributed by atoms with Gasteiger partial charge in [0.05, 0.1) is 17.9 Å². The Morgan fingerprint density at radius 2 is 1.75 bits per heavy atom. The van der Waals surface area contributed by atoms with Crippen LogP contribution in [0.4, 0.5) is 5.69 Å². The molecule has 2 heterocycles. The van der Waals surface area contributed by atoms with Crippen LogP contribution < -0.4 is 14.4 Å². The van der Waals surface area contributed by atoms with Gasteiger partial charge < -0.3 is 24.0 Å². The van der Waals surface area contributed by atoms with Gasteiger partial charge in [0, 0.05) is 32.4 Å². The molecular weight excluding hydrogens is 356 g/mol. The van der Waals surface area contributed by atoms with E-state index in [2.05, 4.69) is 9.80 Å². The molecule has 0 amide bonds. The molecule has 0 atom stereocenters. The van der Waals surface area contributed by atoms with E-state index in [0.717, 1.165) is 49.1 Å². The molecule has 1 saturated heterocycles. The highest BCUT2D eigenvalue weighted by molar-refractivity contribution is 5.95. The molecule has 0 bridgehead atoms. The number of nitrogens with zero attached hydrogens (tertiary/aromatic N) is 2. The number of hydrogen-bond acceptors (Lipinski definition) is 6. The highest BCUT2D eigenvalue weighted by Gasteiger charge is 2.22.